The second-order valence-electron chi connectivity index (χ2n) is 4.51. The summed E-state index contributed by atoms with van der Waals surface area (Å²) in [5.74, 6) is 0.465. The lowest BCUT2D eigenvalue weighted by molar-refractivity contribution is 0.571. The van der Waals surface area contributed by atoms with Crippen molar-refractivity contribution in [2.75, 3.05) is 0 Å². The van der Waals surface area contributed by atoms with Crippen molar-refractivity contribution >= 4 is 20.9 Å². The van der Waals surface area contributed by atoms with Gasteiger partial charge in [0.2, 0.25) is 0 Å². The minimum Gasteiger partial charge on any atom is -0.297 e. The molecule has 0 aliphatic carbocycles. The van der Waals surface area contributed by atoms with Crippen molar-refractivity contribution in [1.29, 1.82) is 0 Å². The highest BCUT2D eigenvalue weighted by atomic mass is 32.2. The van der Waals surface area contributed by atoms with Gasteiger partial charge in [0.25, 0.3) is 15.2 Å². The van der Waals surface area contributed by atoms with Crippen LogP contribution in [0.2, 0.25) is 0 Å². The molecule has 0 bridgehead atoms. The Morgan fingerprint density at radius 2 is 2.05 bits per heavy atom. The lowest BCUT2D eigenvalue weighted by Gasteiger charge is -2.07. The fourth-order valence-electron chi connectivity index (χ4n) is 2.21. The smallest absolute Gasteiger partial charge is 0.273 e. The number of nitrogens with zero attached hydrogens (tertiary/aromatic N) is 4. The lowest BCUT2D eigenvalue weighted by Crippen LogP contribution is -2.18. The molecule has 0 radical (unpaired) electrons. The van der Waals surface area contributed by atoms with E-state index in [9.17, 15) is 8.42 Å². The van der Waals surface area contributed by atoms with Gasteiger partial charge in [-0.2, -0.15) is 0 Å². The van der Waals surface area contributed by atoms with Crippen molar-refractivity contribution < 1.29 is 8.42 Å². The van der Waals surface area contributed by atoms with E-state index in [2.05, 4.69) is 15.2 Å². The molecule has 2 heterocycles. The summed E-state index contributed by atoms with van der Waals surface area (Å²) >= 11 is 0. The minimum absolute atomic E-state index is 0.230. The zero-order chi connectivity index (χ0) is 15.0. The molecule has 0 amide bonds. The van der Waals surface area contributed by atoms with Gasteiger partial charge in [0.15, 0.2) is 5.82 Å². The molecular weight excluding hydrogens is 290 g/mol. The molecule has 1 aromatic carbocycles. The van der Waals surface area contributed by atoms with Crippen LogP contribution in [0.5, 0.6) is 0 Å². The number of fused-ring (bicyclic) bond motifs is 1. The molecule has 2 aromatic heterocycles. The summed E-state index contributed by atoms with van der Waals surface area (Å²) in [5.41, 5.74) is 1.62. The number of primary sulfonamides is 1. The molecule has 3 aromatic rings. The highest BCUT2D eigenvalue weighted by molar-refractivity contribution is 7.89. The topological polar surface area (TPSA) is 104 Å². The number of sulfonamides is 1. The molecule has 0 spiro atoms. The van der Waals surface area contributed by atoms with Crippen LogP contribution < -0.4 is 5.14 Å². The van der Waals surface area contributed by atoms with Crippen LogP contribution in [0.4, 0.5) is 0 Å². The lowest BCUT2D eigenvalue weighted by atomic mass is 10.1. The summed E-state index contributed by atoms with van der Waals surface area (Å²) in [6, 6.07) is 9.35. The summed E-state index contributed by atoms with van der Waals surface area (Å²) < 4.78 is 24.5. The van der Waals surface area contributed by atoms with Crippen LogP contribution in [0.25, 0.3) is 22.3 Å². The van der Waals surface area contributed by atoms with E-state index in [-0.39, 0.29) is 5.16 Å². The number of benzene rings is 1. The third-order valence-corrected chi connectivity index (χ3v) is 3.96. The van der Waals surface area contributed by atoms with Crippen molar-refractivity contribution in [2.24, 2.45) is 5.14 Å². The number of hydrogen-bond donors (Lipinski definition) is 1. The Morgan fingerprint density at radius 3 is 2.76 bits per heavy atom. The van der Waals surface area contributed by atoms with Crippen LogP contribution in [-0.4, -0.2) is 28.2 Å². The van der Waals surface area contributed by atoms with E-state index < -0.39 is 10.0 Å². The first-order chi connectivity index (χ1) is 10.0. The van der Waals surface area contributed by atoms with E-state index in [0.29, 0.717) is 12.4 Å². The number of pyridine rings is 1. The molecule has 21 heavy (non-hydrogen) atoms. The third-order valence-electron chi connectivity index (χ3n) is 3.15. The summed E-state index contributed by atoms with van der Waals surface area (Å²) in [5, 5.41) is 13.5. The Balaban J connectivity index is 2.21. The van der Waals surface area contributed by atoms with Crippen molar-refractivity contribution in [3.05, 3.63) is 36.5 Å². The molecule has 0 saturated carbocycles. The molecule has 0 unspecified atom stereocenters. The fraction of sp³-hybridized carbons (Fsp3) is 0.154. The Bertz CT molecular complexity index is 917. The summed E-state index contributed by atoms with van der Waals surface area (Å²) in [6.45, 7) is 2.21. The Morgan fingerprint density at radius 1 is 1.24 bits per heavy atom. The van der Waals surface area contributed by atoms with Gasteiger partial charge in [-0.25, -0.2) is 13.6 Å². The first-order valence-corrected chi connectivity index (χ1v) is 7.86. The molecular formula is C13H13N5O2S. The third kappa shape index (κ3) is 2.39. The Hall–Kier alpha value is -2.32. The summed E-state index contributed by atoms with van der Waals surface area (Å²) in [6.07, 6.45) is 1.72. The average Bonchev–Trinajstić information content (AvgIpc) is 2.90. The summed E-state index contributed by atoms with van der Waals surface area (Å²) in [4.78, 5) is 4.24. The zero-order valence-corrected chi connectivity index (χ0v) is 12.1. The molecule has 0 fully saturated rings. The highest BCUT2D eigenvalue weighted by Crippen LogP contribution is 2.23. The van der Waals surface area contributed by atoms with E-state index in [4.69, 9.17) is 5.14 Å². The molecule has 7 nitrogen and oxygen atoms in total. The predicted molar refractivity (Wildman–Crippen MR) is 77.8 cm³/mol. The molecule has 0 aliphatic rings. The number of hydrogen-bond acceptors (Lipinski definition) is 5. The van der Waals surface area contributed by atoms with Crippen LogP contribution in [-0.2, 0) is 16.6 Å². The highest BCUT2D eigenvalue weighted by Gasteiger charge is 2.21. The van der Waals surface area contributed by atoms with Crippen LogP contribution >= 0.6 is 0 Å². The van der Waals surface area contributed by atoms with Gasteiger partial charge in [-0.3, -0.25) is 9.55 Å². The van der Waals surface area contributed by atoms with E-state index in [0.717, 1.165) is 16.5 Å². The fourth-order valence-corrected chi connectivity index (χ4v) is 2.89. The maximum atomic E-state index is 11.5. The number of aromatic nitrogens is 4. The van der Waals surface area contributed by atoms with Crippen molar-refractivity contribution in [3.63, 3.8) is 0 Å². The van der Waals surface area contributed by atoms with Gasteiger partial charge in [-0.15, -0.1) is 10.2 Å². The Labute approximate surface area is 121 Å². The van der Waals surface area contributed by atoms with E-state index in [1.54, 1.807) is 6.20 Å². The molecule has 0 atom stereocenters. The largest absolute Gasteiger partial charge is 0.297 e. The van der Waals surface area contributed by atoms with E-state index in [1.807, 2.05) is 37.3 Å². The van der Waals surface area contributed by atoms with Crippen LogP contribution in [0.3, 0.4) is 0 Å². The standard InChI is InChI=1S/C13H13N5O2S/c1-2-18-12(16-17-13(18)21(14,19)20)10-5-6-11-9(8-10)4-3-7-15-11/h3-8H,2H2,1H3,(H2,14,19,20). The molecule has 108 valence electrons. The maximum absolute atomic E-state index is 11.5. The first kappa shape index (κ1) is 13.7. The van der Waals surface area contributed by atoms with Gasteiger partial charge in [-0.05, 0) is 31.2 Å². The second-order valence-corrected chi connectivity index (χ2v) is 5.96. The summed E-state index contributed by atoms with van der Waals surface area (Å²) in [7, 11) is -3.90. The van der Waals surface area contributed by atoms with Gasteiger partial charge in [-0.1, -0.05) is 6.07 Å². The first-order valence-electron chi connectivity index (χ1n) is 6.32. The molecule has 0 aliphatic heterocycles. The van der Waals surface area contributed by atoms with Crippen molar-refractivity contribution in [2.45, 2.75) is 18.6 Å². The normalized spacial score (nSPS) is 11.9. The average molecular weight is 303 g/mol. The number of nitrogens with two attached hydrogens (primary N) is 1. The quantitative estimate of drug-likeness (QED) is 0.782. The van der Waals surface area contributed by atoms with Crippen LogP contribution in [0, 0.1) is 0 Å². The molecule has 0 saturated heterocycles. The molecule has 2 N–H and O–H groups in total. The predicted octanol–water partition coefficient (Wildman–Crippen LogP) is 1.16. The maximum Gasteiger partial charge on any atom is 0.273 e. The van der Waals surface area contributed by atoms with Gasteiger partial charge in [0.05, 0.1) is 5.52 Å². The minimum atomic E-state index is -3.90. The molecule has 8 heteroatoms. The van der Waals surface area contributed by atoms with Crippen molar-refractivity contribution in [1.82, 2.24) is 19.7 Å². The van der Waals surface area contributed by atoms with Gasteiger partial charge < -0.3 is 0 Å². The van der Waals surface area contributed by atoms with Gasteiger partial charge in [0, 0.05) is 23.7 Å². The van der Waals surface area contributed by atoms with Gasteiger partial charge in [0.1, 0.15) is 0 Å². The van der Waals surface area contributed by atoms with Crippen LogP contribution in [0.15, 0.2) is 41.7 Å². The SMILES string of the molecule is CCn1c(-c2ccc3ncccc3c2)nnc1S(N)(=O)=O. The molecule has 3 rings (SSSR count). The van der Waals surface area contributed by atoms with Crippen LogP contribution in [0.1, 0.15) is 6.92 Å². The second kappa shape index (κ2) is 4.90. The van der Waals surface area contributed by atoms with Crippen molar-refractivity contribution in [3.8, 4) is 11.4 Å². The van der Waals surface area contributed by atoms with Gasteiger partial charge >= 0.3 is 0 Å². The zero-order valence-electron chi connectivity index (χ0n) is 11.3. The Kier molecular flexibility index (Phi) is 3.19. The monoisotopic (exact) mass is 303 g/mol. The van der Waals surface area contributed by atoms with E-state index in [1.165, 1.54) is 4.57 Å². The van der Waals surface area contributed by atoms with E-state index >= 15 is 0 Å². The number of rotatable bonds is 3.